The van der Waals surface area contributed by atoms with Crippen molar-refractivity contribution in [2.75, 3.05) is 0 Å². The van der Waals surface area contributed by atoms with Gasteiger partial charge in [-0.25, -0.2) is 4.79 Å². The quantitative estimate of drug-likeness (QED) is 0.595. The summed E-state index contributed by atoms with van der Waals surface area (Å²) in [5.41, 5.74) is 0.983. The Morgan fingerprint density at radius 3 is 2.58 bits per heavy atom. The molecule has 4 nitrogen and oxygen atoms in total. The van der Waals surface area contributed by atoms with Gasteiger partial charge >= 0.3 is 5.97 Å². The largest absolute Gasteiger partial charge is 0.461 e. The topological polar surface area (TPSA) is 55.4 Å². The third-order valence-electron chi connectivity index (χ3n) is 5.30. The van der Waals surface area contributed by atoms with Crippen molar-refractivity contribution in [2.45, 2.75) is 58.6 Å². The van der Waals surface area contributed by atoms with Crippen LogP contribution < -0.4 is 5.32 Å². The van der Waals surface area contributed by atoms with Crippen LogP contribution in [-0.4, -0.2) is 24.0 Å². The van der Waals surface area contributed by atoms with Gasteiger partial charge in [-0.2, -0.15) is 0 Å². The van der Waals surface area contributed by atoms with E-state index < -0.39 is 6.04 Å². The van der Waals surface area contributed by atoms with E-state index in [-0.39, 0.29) is 18.0 Å². The Morgan fingerprint density at radius 2 is 1.96 bits per heavy atom. The lowest BCUT2D eigenvalue weighted by atomic mass is 9.75. The van der Waals surface area contributed by atoms with Gasteiger partial charge in [0.2, 0.25) is 5.91 Å². The number of esters is 1. The summed E-state index contributed by atoms with van der Waals surface area (Å²) in [6.07, 6.45) is 4.67. The second-order valence-corrected chi connectivity index (χ2v) is 7.76. The molecule has 3 unspecified atom stereocenters. The zero-order chi connectivity index (χ0) is 19.1. The molecule has 1 fully saturated rings. The molecule has 4 heteroatoms. The van der Waals surface area contributed by atoms with Crippen molar-refractivity contribution in [1.82, 2.24) is 5.32 Å². The maximum Gasteiger partial charge on any atom is 0.329 e. The maximum absolute atomic E-state index is 12.9. The number of ether oxygens (including phenoxy) is 1. The van der Waals surface area contributed by atoms with Crippen molar-refractivity contribution < 1.29 is 14.3 Å². The van der Waals surface area contributed by atoms with E-state index in [1.165, 1.54) is 12.5 Å². The second kappa shape index (κ2) is 9.56. The fourth-order valence-electron chi connectivity index (χ4n) is 3.76. The van der Waals surface area contributed by atoms with Crippen LogP contribution in [0.15, 0.2) is 43.0 Å². The van der Waals surface area contributed by atoms with Gasteiger partial charge in [0, 0.05) is 6.42 Å². The second-order valence-electron chi connectivity index (χ2n) is 7.76. The van der Waals surface area contributed by atoms with Crippen molar-refractivity contribution >= 4 is 11.9 Å². The molecule has 1 aliphatic carbocycles. The van der Waals surface area contributed by atoms with E-state index in [1.807, 2.05) is 30.3 Å². The number of carbonyl (C=O) groups is 2. The van der Waals surface area contributed by atoms with Crippen LogP contribution in [0, 0.1) is 17.8 Å². The van der Waals surface area contributed by atoms with Gasteiger partial charge in [0.15, 0.2) is 0 Å². The summed E-state index contributed by atoms with van der Waals surface area (Å²) in [5.74, 6) is 0.686. The molecule has 4 atom stereocenters. The van der Waals surface area contributed by atoms with Crippen molar-refractivity contribution in [3.8, 4) is 0 Å². The van der Waals surface area contributed by atoms with Crippen molar-refractivity contribution in [1.29, 1.82) is 0 Å². The van der Waals surface area contributed by atoms with Crippen LogP contribution in [-0.2, 0) is 20.7 Å². The monoisotopic (exact) mass is 357 g/mol. The maximum atomic E-state index is 12.9. The van der Waals surface area contributed by atoms with Crippen LogP contribution in [0.3, 0.4) is 0 Å². The van der Waals surface area contributed by atoms with Crippen LogP contribution in [0.5, 0.6) is 0 Å². The van der Waals surface area contributed by atoms with Gasteiger partial charge in [0.25, 0.3) is 0 Å². The molecule has 0 spiro atoms. The zero-order valence-corrected chi connectivity index (χ0v) is 16.1. The molecule has 1 saturated carbocycles. The summed E-state index contributed by atoms with van der Waals surface area (Å²) >= 11 is 0. The lowest BCUT2D eigenvalue weighted by molar-refractivity contribution is -0.159. The molecule has 1 aromatic rings. The first-order valence-corrected chi connectivity index (χ1v) is 9.58. The predicted molar refractivity (Wildman–Crippen MR) is 103 cm³/mol. The fourth-order valence-corrected chi connectivity index (χ4v) is 3.76. The summed E-state index contributed by atoms with van der Waals surface area (Å²) in [6.45, 7) is 10.0. The highest BCUT2D eigenvalue weighted by Crippen LogP contribution is 2.35. The van der Waals surface area contributed by atoms with Gasteiger partial charge in [-0.1, -0.05) is 64.1 Å². The summed E-state index contributed by atoms with van der Waals surface area (Å²) in [5, 5.41) is 2.73. The fraction of sp³-hybridized carbons (Fsp3) is 0.545. The number of nitrogens with one attached hydrogen (secondary N) is 1. The highest BCUT2D eigenvalue weighted by molar-refractivity contribution is 5.91. The Hall–Kier alpha value is -2.10. The minimum absolute atomic E-state index is 0.0786. The van der Waals surface area contributed by atoms with E-state index in [2.05, 4.69) is 32.7 Å². The minimum atomic E-state index is -0.701. The summed E-state index contributed by atoms with van der Waals surface area (Å²) < 4.78 is 5.93. The van der Waals surface area contributed by atoms with Crippen molar-refractivity contribution in [3.63, 3.8) is 0 Å². The average Bonchev–Trinajstić information content (AvgIpc) is 2.61. The molecule has 1 N–H and O–H groups in total. The molecule has 0 heterocycles. The van der Waals surface area contributed by atoms with E-state index in [4.69, 9.17) is 4.74 Å². The van der Waals surface area contributed by atoms with Crippen LogP contribution in [0.2, 0.25) is 0 Å². The number of hydrogen-bond acceptors (Lipinski definition) is 3. The van der Waals surface area contributed by atoms with E-state index in [9.17, 15) is 9.59 Å². The SMILES string of the molecule is C=CC(=O)N[C@@H](Cc1ccccc1)C(=O)OC1CC(C)CCC1C(C)C. The Labute approximate surface area is 157 Å². The molecule has 0 aromatic heterocycles. The van der Waals surface area contributed by atoms with Gasteiger partial charge in [-0.3, -0.25) is 4.79 Å². The van der Waals surface area contributed by atoms with Gasteiger partial charge in [-0.05, 0) is 42.2 Å². The molecule has 0 saturated heterocycles. The lowest BCUT2D eigenvalue weighted by Gasteiger charge is -2.37. The van der Waals surface area contributed by atoms with Crippen LogP contribution in [0.25, 0.3) is 0 Å². The highest BCUT2D eigenvalue weighted by atomic mass is 16.5. The van der Waals surface area contributed by atoms with Gasteiger partial charge in [-0.15, -0.1) is 0 Å². The molecule has 1 aromatic carbocycles. The predicted octanol–water partition coefficient (Wildman–Crippen LogP) is 3.90. The van der Waals surface area contributed by atoms with E-state index in [0.29, 0.717) is 24.2 Å². The molecule has 2 rings (SSSR count). The minimum Gasteiger partial charge on any atom is -0.461 e. The summed E-state index contributed by atoms with van der Waals surface area (Å²) in [6, 6.07) is 8.96. The van der Waals surface area contributed by atoms with Crippen LogP contribution in [0.1, 0.15) is 45.6 Å². The highest BCUT2D eigenvalue weighted by Gasteiger charge is 2.35. The number of carbonyl (C=O) groups excluding carboxylic acids is 2. The van der Waals surface area contributed by atoms with Crippen molar-refractivity contribution in [2.24, 2.45) is 17.8 Å². The molecular formula is C22H31NO3. The molecule has 0 radical (unpaired) electrons. The van der Waals surface area contributed by atoms with E-state index in [0.717, 1.165) is 18.4 Å². The lowest BCUT2D eigenvalue weighted by Crippen LogP contribution is -2.46. The first kappa shape index (κ1) is 20.2. The number of amides is 1. The number of benzene rings is 1. The molecule has 142 valence electrons. The first-order valence-electron chi connectivity index (χ1n) is 9.58. The van der Waals surface area contributed by atoms with Gasteiger partial charge < -0.3 is 10.1 Å². The zero-order valence-electron chi connectivity index (χ0n) is 16.1. The Kier molecular flexibility index (Phi) is 7.43. The Morgan fingerprint density at radius 1 is 1.27 bits per heavy atom. The van der Waals surface area contributed by atoms with E-state index >= 15 is 0 Å². The van der Waals surface area contributed by atoms with Crippen molar-refractivity contribution in [3.05, 3.63) is 48.6 Å². The third kappa shape index (κ3) is 5.72. The van der Waals surface area contributed by atoms with Gasteiger partial charge in [0.1, 0.15) is 12.1 Å². The summed E-state index contributed by atoms with van der Waals surface area (Å²) in [7, 11) is 0. The van der Waals surface area contributed by atoms with Gasteiger partial charge in [0.05, 0.1) is 0 Å². The molecule has 0 aliphatic heterocycles. The normalized spacial score (nSPS) is 23.9. The summed E-state index contributed by atoms with van der Waals surface area (Å²) in [4.78, 5) is 24.7. The number of hydrogen-bond donors (Lipinski definition) is 1. The molecule has 1 amide bonds. The average molecular weight is 357 g/mol. The smallest absolute Gasteiger partial charge is 0.329 e. The Bertz CT molecular complexity index is 611. The van der Waals surface area contributed by atoms with Crippen LogP contribution in [0.4, 0.5) is 0 Å². The molecular weight excluding hydrogens is 326 g/mol. The van der Waals surface area contributed by atoms with Crippen LogP contribution >= 0.6 is 0 Å². The van der Waals surface area contributed by atoms with E-state index in [1.54, 1.807) is 0 Å². The molecule has 0 bridgehead atoms. The first-order chi connectivity index (χ1) is 12.4. The molecule has 1 aliphatic rings. The molecule has 26 heavy (non-hydrogen) atoms. The standard InChI is InChI=1S/C22H31NO3/c1-5-21(24)23-19(14-17-9-7-6-8-10-17)22(25)26-20-13-16(4)11-12-18(20)15(2)3/h5-10,15-16,18-20H,1,11-14H2,2-4H3,(H,23,24)/t16?,18?,19-,20?/m0/s1. The Balaban J connectivity index is 2.11. The third-order valence-corrected chi connectivity index (χ3v) is 5.30. The number of rotatable bonds is 7.